The van der Waals surface area contributed by atoms with Crippen molar-refractivity contribution in [3.05, 3.63) is 70.8 Å². The zero-order valence-corrected chi connectivity index (χ0v) is 31.7. The lowest BCUT2D eigenvalue weighted by Gasteiger charge is -2.28. The maximum atomic E-state index is 12.5. The number of hydrogen-bond acceptors (Lipinski definition) is 6. The van der Waals surface area contributed by atoms with Crippen molar-refractivity contribution >= 4 is 35.9 Å². The van der Waals surface area contributed by atoms with E-state index < -0.39 is 0 Å². The van der Waals surface area contributed by atoms with Crippen LogP contribution in [0.4, 0.5) is 0 Å². The standard InChI is InChI=1S/C44H62N2O6/c1-33(37-15-7-3-8-16-37)45-41(47)19-11-5-13-31-51-43(49)39-27-23-35(24-28-39)21-22-36-25-29-40(30-26-36)44(50)52-32-14-6-12-20-42(48)46-34(2)38-17-9-4-10-18-38/h21-30,33-34,37-38H,3-20,31-32H2,1-2H3,(H,45,47)(H,46,48)/b22-21+/t33-,34-/m1/s1. The average Bonchev–Trinajstić information content (AvgIpc) is 3.17. The van der Waals surface area contributed by atoms with Gasteiger partial charge in [0.25, 0.3) is 0 Å². The molecule has 2 aromatic carbocycles. The van der Waals surface area contributed by atoms with Crippen LogP contribution in [0, 0.1) is 11.8 Å². The van der Waals surface area contributed by atoms with Crippen LogP contribution in [0.3, 0.4) is 0 Å². The van der Waals surface area contributed by atoms with Crippen molar-refractivity contribution in [1.29, 1.82) is 0 Å². The Kier molecular flexibility index (Phi) is 18.0. The van der Waals surface area contributed by atoms with E-state index in [-0.39, 0.29) is 35.8 Å². The monoisotopic (exact) mass is 714 g/mol. The Morgan fingerprint density at radius 2 is 0.923 bits per heavy atom. The van der Waals surface area contributed by atoms with Gasteiger partial charge in [0, 0.05) is 24.9 Å². The van der Waals surface area contributed by atoms with Crippen molar-refractivity contribution in [3.63, 3.8) is 0 Å². The highest BCUT2D eigenvalue weighted by molar-refractivity contribution is 5.90. The molecule has 8 nitrogen and oxygen atoms in total. The number of rotatable bonds is 20. The zero-order chi connectivity index (χ0) is 37.0. The lowest BCUT2D eigenvalue weighted by molar-refractivity contribution is -0.123. The summed E-state index contributed by atoms with van der Waals surface area (Å²) < 4.78 is 10.9. The van der Waals surface area contributed by atoms with Crippen molar-refractivity contribution in [1.82, 2.24) is 10.6 Å². The fraction of sp³-hybridized carbons (Fsp3) is 0.591. The zero-order valence-electron chi connectivity index (χ0n) is 31.7. The smallest absolute Gasteiger partial charge is 0.338 e. The average molecular weight is 715 g/mol. The summed E-state index contributed by atoms with van der Waals surface area (Å²) in [5, 5.41) is 6.35. The van der Waals surface area contributed by atoms with Crippen molar-refractivity contribution < 1.29 is 28.7 Å². The van der Waals surface area contributed by atoms with E-state index in [1.165, 1.54) is 64.2 Å². The van der Waals surface area contributed by atoms with Crippen LogP contribution >= 0.6 is 0 Å². The molecule has 0 bridgehead atoms. The molecule has 52 heavy (non-hydrogen) atoms. The van der Waals surface area contributed by atoms with E-state index in [2.05, 4.69) is 24.5 Å². The molecule has 2 amide bonds. The summed E-state index contributed by atoms with van der Waals surface area (Å²) >= 11 is 0. The van der Waals surface area contributed by atoms with E-state index in [0.717, 1.165) is 49.7 Å². The van der Waals surface area contributed by atoms with Gasteiger partial charge in [-0.1, -0.05) is 74.9 Å². The molecule has 2 atom stereocenters. The van der Waals surface area contributed by atoms with Crippen LogP contribution in [0.2, 0.25) is 0 Å². The highest BCUT2D eigenvalue weighted by Crippen LogP contribution is 2.27. The predicted octanol–water partition coefficient (Wildman–Crippen LogP) is 9.46. The van der Waals surface area contributed by atoms with Gasteiger partial charge in [-0.3, -0.25) is 9.59 Å². The highest BCUT2D eigenvalue weighted by Gasteiger charge is 2.22. The first kappa shape index (κ1) is 40.8. The Balaban J connectivity index is 1.04. The maximum Gasteiger partial charge on any atom is 0.338 e. The largest absolute Gasteiger partial charge is 0.462 e. The first-order valence-electron chi connectivity index (χ1n) is 20.1. The minimum Gasteiger partial charge on any atom is -0.462 e. The van der Waals surface area contributed by atoms with Crippen LogP contribution in [0.5, 0.6) is 0 Å². The second-order valence-corrected chi connectivity index (χ2v) is 15.0. The molecule has 2 saturated carbocycles. The third kappa shape index (κ3) is 15.0. The number of carbonyl (C=O) groups is 4. The molecule has 8 heteroatoms. The van der Waals surface area contributed by atoms with E-state index in [9.17, 15) is 19.2 Å². The first-order valence-corrected chi connectivity index (χ1v) is 20.1. The lowest BCUT2D eigenvalue weighted by atomic mass is 9.84. The number of carbonyl (C=O) groups excluding carboxylic acids is 4. The SMILES string of the molecule is C[C@@H](NC(=O)CCCCCOC(=O)c1ccc(/C=C/c2ccc(C(=O)OCCCCCC(=O)N[C@H](C)C3CCCCC3)cc2)cc1)C1CCCCC1. The molecule has 0 saturated heterocycles. The molecule has 284 valence electrons. The fourth-order valence-electron chi connectivity index (χ4n) is 7.43. The molecule has 0 unspecified atom stereocenters. The fourth-order valence-corrected chi connectivity index (χ4v) is 7.43. The van der Waals surface area contributed by atoms with E-state index in [0.29, 0.717) is 49.0 Å². The Bertz CT molecular complexity index is 1300. The molecular formula is C44H62N2O6. The predicted molar refractivity (Wildman–Crippen MR) is 208 cm³/mol. The molecule has 2 fully saturated rings. The van der Waals surface area contributed by atoms with Gasteiger partial charge < -0.3 is 20.1 Å². The third-order valence-corrected chi connectivity index (χ3v) is 10.8. The summed E-state index contributed by atoms with van der Waals surface area (Å²) in [6, 6.07) is 15.0. The lowest BCUT2D eigenvalue weighted by Crippen LogP contribution is -2.38. The second kappa shape index (κ2) is 22.9. The van der Waals surface area contributed by atoms with Crippen LogP contribution < -0.4 is 10.6 Å². The van der Waals surface area contributed by atoms with Crippen LogP contribution in [0.25, 0.3) is 12.2 Å². The molecule has 0 spiro atoms. The third-order valence-electron chi connectivity index (χ3n) is 10.8. The van der Waals surface area contributed by atoms with Crippen LogP contribution in [-0.4, -0.2) is 49.1 Å². The van der Waals surface area contributed by atoms with Crippen LogP contribution in [0.15, 0.2) is 48.5 Å². The molecule has 0 aromatic heterocycles. The molecule has 0 heterocycles. The number of hydrogen-bond donors (Lipinski definition) is 2. The maximum absolute atomic E-state index is 12.5. The second-order valence-electron chi connectivity index (χ2n) is 15.0. The summed E-state index contributed by atoms with van der Waals surface area (Å²) in [5.41, 5.74) is 2.88. The van der Waals surface area contributed by atoms with Crippen LogP contribution in [-0.2, 0) is 19.1 Å². The molecule has 2 N–H and O–H groups in total. The topological polar surface area (TPSA) is 111 Å². The van der Waals surface area contributed by atoms with Gasteiger partial charge in [-0.15, -0.1) is 0 Å². The van der Waals surface area contributed by atoms with Gasteiger partial charge >= 0.3 is 11.9 Å². The van der Waals surface area contributed by atoms with Crippen molar-refractivity contribution in [2.24, 2.45) is 11.8 Å². The number of esters is 2. The summed E-state index contributed by atoms with van der Waals surface area (Å²) in [6.07, 6.45) is 22.2. The molecule has 2 aliphatic rings. The molecule has 4 rings (SSSR count). The Morgan fingerprint density at radius 1 is 0.558 bits per heavy atom. The van der Waals surface area contributed by atoms with Gasteiger partial charge in [-0.2, -0.15) is 0 Å². The molecule has 2 aromatic rings. The van der Waals surface area contributed by atoms with E-state index >= 15 is 0 Å². The minimum absolute atomic E-state index is 0.122. The number of unbranched alkanes of at least 4 members (excludes halogenated alkanes) is 4. The van der Waals surface area contributed by atoms with Crippen molar-refractivity contribution in [3.8, 4) is 0 Å². The number of ether oxygens (including phenoxy) is 2. The Hall–Kier alpha value is -3.94. The Labute approximate surface area is 311 Å². The van der Waals surface area contributed by atoms with Crippen molar-refractivity contribution in [2.75, 3.05) is 13.2 Å². The first-order chi connectivity index (χ1) is 25.3. The van der Waals surface area contributed by atoms with E-state index in [1.54, 1.807) is 24.3 Å². The van der Waals surface area contributed by atoms with Gasteiger partial charge in [0.1, 0.15) is 0 Å². The Morgan fingerprint density at radius 3 is 1.29 bits per heavy atom. The molecular weight excluding hydrogens is 652 g/mol. The van der Waals surface area contributed by atoms with E-state index in [1.807, 2.05) is 36.4 Å². The quantitative estimate of drug-likeness (QED) is 0.0803. The minimum atomic E-state index is -0.348. The van der Waals surface area contributed by atoms with E-state index in [4.69, 9.17) is 9.47 Å². The molecule has 0 radical (unpaired) electrons. The normalized spacial score (nSPS) is 16.6. The summed E-state index contributed by atoms with van der Waals surface area (Å²) in [5.74, 6) is 0.769. The number of benzene rings is 2. The van der Waals surface area contributed by atoms with Gasteiger partial charge in [0.2, 0.25) is 11.8 Å². The van der Waals surface area contributed by atoms with Crippen LogP contribution in [0.1, 0.15) is 161 Å². The summed E-state index contributed by atoms with van der Waals surface area (Å²) in [6.45, 7) is 4.93. The van der Waals surface area contributed by atoms with Gasteiger partial charge in [-0.05, 0) is 125 Å². The molecule has 2 aliphatic carbocycles. The van der Waals surface area contributed by atoms with Gasteiger partial charge in [-0.25, -0.2) is 9.59 Å². The molecule has 0 aliphatic heterocycles. The summed E-state index contributed by atoms with van der Waals surface area (Å²) in [4.78, 5) is 49.6. The van der Waals surface area contributed by atoms with Gasteiger partial charge in [0.15, 0.2) is 0 Å². The number of amides is 2. The van der Waals surface area contributed by atoms with Gasteiger partial charge in [0.05, 0.1) is 24.3 Å². The van der Waals surface area contributed by atoms with Crippen molar-refractivity contribution in [2.45, 2.75) is 142 Å². The number of nitrogens with one attached hydrogen (secondary N) is 2. The highest BCUT2D eigenvalue weighted by atomic mass is 16.5. The summed E-state index contributed by atoms with van der Waals surface area (Å²) in [7, 11) is 0.